The Morgan fingerprint density at radius 3 is 2.50 bits per heavy atom. The van der Waals surface area contributed by atoms with Crippen LogP contribution in [-0.4, -0.2) is 24.8 Å². The number of hydrogen-bond donors (Lipinski definition) is 1. The first-order valence-corrected chi connectivity index (χ1v) is 5.92. The molecule has 1 N–H and O–H groups in total. The van der Waals surface area contributed by atoms with E-state index in [1.54, 1.807) is 0 Å². The molecule has 0 aromatic carbocycles. The van der Waals surface area contributed by atoms with E-state index in [4.69, 9.17) is 4.74 Å². The molecule has 0 aromatic heterocycles. The molecule has 0 amide bonds. The van der Waals surface area contributed by atoms with Crippen LogP contribution < -0.4 is 5.32 Å². The Bertz CT molecular complexity index is 181. The summed E-state index contributed by atoms with van der Waals surface area (Å²) in [4.78, 5) is 0. The minimum atomic E-state index is 0.347. The molecule has 1 saturated carbocycles. The zero-order valence-corrected chi connectivity index (χ0v) is 10.3. The van der Waals surface area contributed by atoms with Crippen molar-refractivity contribution in [3.63, 3.8) is 0 Å². The van der Waals surface area contributed by atoms with E-state index in [0.29, 0.717) is 23.6 Å². The molecule has 1 rings (SSSR count). The van der Waals surface area contributed by atoms with Gasteiger partial charge in [0, 0.05) is 24.1 Å². The van der Waals surface area contributed by atoms with Gasteiger partial charge >= 0.3 is 0 Å². The van der Waals surface area contributed by atoms with Crippen molar-refractivity contribution in [2.24, 2.45) is 5.41 Å². The fourth-order valence-corrected chi connectivity index (χ4v) is 2.41. The first-order chi connectivity index (χ1) is 6.54. The lowest BCUT2D eigenvalue weighted by Crippen LogP contribution is -2.63. The molecule has 3 atom stereocenters. The maximum atomic E-state index is 5.76. The Morgan fingerprint density at radius 2 is 2.07 bits per heavy atom. The first-order valence-electron chi connectivity index (χ1n) is 5.92. The van der Waals surface area contributed by atoms with E-state index in [2.05, 4.69) is 39.9 Å². The summed E-state index contributed by atoms with van der Waals surface area (Å²) >= 11 is 0. The average molecular weight is 199 g/mol. The molecule has 84 valence electrons. The van der Waals surface area contributed by atoms with Gasteiger partial charge in [-0.2, -0.15) is 0 Å². The van der Waals surface area contributed by atoms with Gasteiger partial charge in [0.2, 0.25) is 0 Å². The molecular formula is C12H25NO. The molecule has 1 aliphatic carbocycles. The first kappa shape index (κ1) is 12.0. The van der Waals surface area contributed by atoms with Crippen molar-refractivity contribution >= 4 is 0 Å². The van der Waals surface area contributed by atoms with Crippen LogP contribution in [0, 0.1) is 5.41 Å². The highest BCUT2D eigenvalue weighted by atomic mass is 16.5. The Labute approximate surface area is 88.4 Å². The maximum absolute atomic E-state index is 5.76. The molecule has 3 unspecified atom stereocenters. The van der Waals surface area contributed by atoms with E-state index < -0.39 is 0 Å². The lowest BCUT2D eigenvalue weighted by atomic mass is 9.61. The average Bonchev–Trinajstić information content (AvgIpc) is 2.14. The van der Waals surface area contributed by atoms with E-state index in [1.165, 1.54) is 12.8 Å². The highest BCUT2D eigenvalue weighted by Crippen LogP contribution is 2.45. The van der Waals surface area contributed by atoms with Crippen molar-refractivity contribution in [1.29, 1.82) is 0 Å². The molecule has 2 heteroatoms. The molecule has 0 spiro atoms. The van der Waals surface area contributed by atoms with Crippen LogP contribution in [0.25, 0.3) is 0 Å². The Morgan fingerprint density at radius 1 is 1.43 bits per heavy atom. The molecule has 0 heterocycles. The molecule has 2 nitrogen and oxygen atoms in total. The van der Waals surface area contributed by atoms with Gasteiger partial charge in [-0.3, -0.25) is 0 Å². The van der Waals surface area contributed by atoms with Crippen molar-refractivity contribution in [2.45, 2.75) is 65.6 Å². The van der Waals surface area contributed by atoms with Crippen LogP contribution in [0.2, 0.25) is 0 Å². The van der Waals surface area contributed by atoms with Gasteiger partial charge in [0.1, 0.15) is 0 Å². The summed E-state index contributed by atoms with van der Waals surface area (Å²) in [6, 6.07) is 1.22. The van der Waals surface area contributed by atoms with Crippen LogP contribution in [0.15, 0.2) is 0 Å². The normalized spacial score (nSPS) is 37.3. The van der Waals surface area contributed by atoms with Gasteiger partial charge in [-0.05, 0) is 19.8 Å². The summed E-state index contributed by atoms with van der Waals surface area (Å²) in [6.45, 7) is 12.0. The second-order valence-electron chi connectivity index (χ2n) is 4.91. The second kappa shape index (κ2) is 4.63. The van der Waals surface area contributed by atoms with E-state index in [1.807, 2.05) is 0 Å². The smallest absolute Gasteiger partial charge is 0.0658 e. The van der Waals surface area contributed by atoms with Crippen molar-refractivity contribution in [3.05, 3.63) is 0 Å². The van der Waals surface area contributed by atoms with Gasteiger partial charge in [0.25, 0.3) is 0 Å². The zero-order chi connectivity index (χ0) is 10.8. The lowest BCUT2D eigenvalue weighted by Gasteiger charge is -2.54. The molecule has 1 aliphatic rings. The molecule has 1 fully saturated rings. The summed E-state index contributed by atoms with van der Waals surface area (Å²) in [5.41, 5.74) is 0.347. The monoisotopic (exact) mass is 199 g/mol. The van der Waals surface area contributed by atoms with Crippen LogP contribution in [0.4, 0.5) is 0 Å². The van der Waals surface area contributed by atoms with Gasteiger partial charge in [-0.15, -0.1) is 0 Å². The third-order valence-electron chi connectivity index (χ3n) is 3.65. The highest BCUT2D eigenvalue weighted by Gasteiger charge is 2.50. The van der Waals surface area contributed by atoms with Crippen LogP contribution in [0.3, 0.4) is 0 Å². The van der Waals surface area contributed by atoms with Crippen molar-refractivity contribution in [1.82, 2.24) is 5.32 Å². The van der Waals surface area contributed by atoms with Gasteiger partial charge < -0.3 is 10.1 Å². The minimum absolute atomic E-state index is 0.347. The zero-order valence-electron chi connectivity index (χ0n) is 10.3. The SMILES string of the molecule is CCOC1CC(NC(C)C)C1(C)CC. The quantitative estimate of drug-likeness (QED) is 0.735. The molecule has 14 heavy (non-hydrogen) atoms. The van der Waals surface area contributed by atoms with Gasteiger partial charge in [-0.25, -0.2) is 0 Å². The summed E-state index contributed by atoms with van der Waals surface area (Å²) in [5, 5.41) is 3.63. The summed E-state index contributed by atoms with van der Waals surface area (Å²) in [6.07, 6.45) is 2.84. The van der Waals surface area contributed by atoms with E-state index in [0.717, 1.165) is 6.61 Å². The molecule has 0 radical (unpaired) electrons. The molecule has 0 aromatic rings. The predicted octanol–water partition coefficient (Wildman–Crippen LogP) is 2.58. The van der Waals surface area contributed by atoms with Gasteiger partial charge in [0.15, 0.2) is 0 Å². The second-order valence-corrected chi connectivity index (χ2v) is 4.91. The molecule has 0 saturated heterocycles. The summed E-state index contributed by atoms with van der Waals surface area (Å²) < 4.78 is 5.76. The Hall–Kier alpha value is -0.0800. The van der Waals surface area contributed by atoms with Crippen LogP contribution in [0.1, 0.15) is 47.5 Å². The van der Waals surface area contributed by atoms with Crippen molar-refractivity contribution in [2.75, 3.05) is 6.61 Å². The van der Waals surface area contributed by atoms with E-state index in [9.17, 15) is 0 Å². The molecular weight excluding hydrogens is 174 g/mol. The van der Waals surface area contributed by atoms with E-state index >= 15 is 0 Å². The van der Waals surface area contributed by atoms with Crippen LogP contribution in [-0.2, 0) is 4.74 Å². The van der Waals surface area contributed by atoms with Crippen molar-refractivity contribution in [3.8, 4) is 0 Å². The third kappa shape index (κ3) is 2.12. The summed E-state index contributed by atoms with van der Waals surface area (Å²) in [5.74, 6) is 0. The number of ether oxygens (including phenoxy) is 1. The third-order valence-corrected chi connectivity index (χ3v) is 3.65. The topological polar surface area (TPSA) is 21.3 Å². The predicted molar refractivity (Wildman–Crippen MR) is 60.5 cm³/mol. The van der Waals surface area contributed by atoms with E-state index in [-0.39, 0.29) is 0 Å². The molecule has 0 bridgehead atoms. The van der Waals surface area contributed by atoms with Gasteiger partial charge in [0.05, 0.1) is 6.10 Å². The van der Waals surface area contributed by atoms with Gasteiger partial charge in [-0.1, -0.05) is 27.7 Å². The number of nitrogens with one attached hydrogen (secondary N) is 1. The van der Waals surface area contributed by atoms with Crippen LogP contribution >= 0.6 is 0 Å². The Kier molecular flexibility index (Phi) is 3.96. The number of hydrogen-bond acceptors (Lipinski definition) is 2. The largest absolute Gasteiger partial charge is 0.378 e. The Balaban J connectivity index is 2.50. The van der Waals surface area contributed by atoms with Crippen molar-refractivity contribution < 1.29 is 4.74 Å². The standard InChI is InChI=1S/C12H25NO/c1-6-12(5)10(13-9(3)4)8-11(12)14-7-2/h9-11,13H,6-8H2,1-5H3. The lowest BCUT2D eigenvalue weighted by molar-refractivity contribution is -0.127. The highest BCUT2D eigenvalue weighted by molar-refractivity contribution is 5.05. The fraction of sp³-hybridized carbons (Fsp3) is 1.00. The molecule has 0 aliphatic heterocycles. The number of rotatable bonds is 5. The minimum Gasteiger partial charge on any atom is -0.378 e. The van der Waals surface area contributed by atoms with Crippen LogP contribution in [0.5, 0.6) is 0 Å². The summed E-state index contributed by atoms with van der Waals surface area (Å²) in [7, 11) is 0. The maximum Gasteiger partial charge on any atom is 0.0658 e. The fourth-order valence-electron chi connectivity index (χ4n) is 2.41.